The van der Waals surface area contributed by atoms with Crippen LogP contribution < -0.4 is 5.32 Å². The molecule has 16 heavy (non-hydrogen) atoms. The Balaban J connectivity index is 2.18. The number of rotatable bonds is 5. The van der Waals surface area contributed by atoms with Gasteiger partial charge in [0.05, 0.1) is 18.4 Å². The zero-order valence-corrected chi connectivity index (χ0v) is 9.49. The molecule has 0 saturated carbocycles. The van der Waals surface area contributed by atoms with Crippen molar-refractivity contribution in [2.45, 2.75) is 26.8 Å². The highest BCUT2D eigenvalue weighted by molar-refractivity contribution is 5.54. The standard InChI is InChI=1S/C11H15N3O2/c1-3-9-8(5-6-15-9)11-14-13-10(16-11)7-12-4-2/h5-6,12H,3-4,7H2,1-2H3. The normalized spacial score (nSPS) is 10.9. The lowest BCUT2D eigenvalue weighted by molar-refractivity contribution is 0.478. The quantitative estimate of drug-likeness (QED) is 0.836. The fourth-order valence-electron chi connectivity index (χ4n) is 1.47. The molecule has 0 aliphatic heterocycles. The summed E-state index contributed by atoms with van der Waals surface area (Å²) < 4.78 is 10.8. The second-order valence-corrected chi connectivity index (χ2v) is 3.39. The SMILES string of the molecule is CCNCc1nnc(-c2ccoc2CC)o1. The molecule has 0 aliphatic carbocycles. The van der Waals surface area contributed by atoms with Gasteiger partial charge in [-0.05, 0) is 12.6 Å². The van der Waals surface area contributed by atoms with E-state index in [0.29, 0.717) is 18.3 Å². The van der Waals surface area contributed by atoms with Crippen LogP contribution in [0.1, 0.15) is 25.5 Å². The van der Waals surface area contributed by atoms with Gasteiger partial charge in [-0.25, -0.2) is 0 Å². The maximum Gasteiger partial charge on any atom is 0.251 e. The van der Waals surface area contributed by atoms with E-state index in [2.05, 4.69) is 15.5 Å². The Kier molecular flexibility index (Phi) is 3.36. The lowest BCUT2D eigenvalue weighted by Crippen LogP contribution is -2.11. The summed E-state index contributed by atoms with van der Waals surface area (Å²) in [5.74, 6) is 2.00. The van der Waals surface area contributed by atoms with Crippen molar-refractivity contribution in [3.8, 4) is 11.5 Å². The van der Waals surface area contributed by atoms with Crippen molar-refractivity contribution in [2.75, 3.05) is 6.54 Å². The maximum absolute atomic E-state index is 5.53. The lowest BCUT2D eigenvalue weighted by Gasteiger charge is -1.94. The Morgan fingerprint density at radius 1 is 1.31 bits per heavy atom. The van der Waals surface area contributed by atoms with E-state index in [1.807, 2.05) is 19.9 Å². The molecular weight excluding hydrogens is 206 g/mol. The lowest BCUT2D eigenvalue weighted by atomic mass is 10.2. The monoisotopic (exact) mass is 221 g/mol. The van der Waals surface area contributed by atoms with Gasteiger partial charge in [-0.2, -0.15) is 0 Å². The van der Waals surface area contributed by atoms with Crippen LogP contribution in [0.5, 0.6) is 0 Å². The van der Waals surface area contributed by atoms with Crippen LogP contribution >= 0.6 is 0 Å². The van der Waals surface area contributed by atoms with E-state index in [0.717, 1.165) is 24.3 Å². The molecule has 0 fully saturated rings. The molecule has 0 saturated heterocycles. The molecule has 0 radical (unpaired) electrons. The summed E-state index contributed by atoms with van der Waals surface area (Å²) in [4.78, 5) is 0. The van der Waals surface area contributed by atoms with Crippen LogP contribution in [-0.4, -0.2) is 16.7 Å². The third-order valence-electron chi connectivity index (χ3n) is 2.29. The first-order valence-corrected chi connectivity index (χ1v) is 5.45. The topological polar surface area (TPSA) is 64.1 Å². The smallest absolute Gasteiger partial charge is 0.251 e. The zero-order chi connectivity index (χ0) is 11.4. The van der Waals surface area contributed by atoms with Crippen LogP contribution in [0.15, 0.2) is 21.2 Å². The second-order valence-electron chi connectivity index (χ2n) is 3.39. The average Bonchev–Trinajstić information content (AvgIpc) is 2.94. The van der Waals surface area contributed by atoms with Gasteiger partial charge in [-0.3, -0.25) is 0 Å². The van der Waals surface area contributed by atoms with E-state index in [1.165, 1.54) is 0 Å². The zero-order valence-electron chi connectivity index (χ0n) is 9.49. The Labute approximate surface area is 93.9 Å². The molecule has 2 heterocycles. The van der Waals surface area contributed by atoms with Crippen molar-refractivity contribution in [3.05, 3.63) is 24.0 Å². The van der Waals surface area contributed by atoms with Crippen molar-refractivity contribution in [2.24, 2.45) is 0 Å². The number of furan rings is 1. The third kappa shape index (κ3) is 2.14. The molecule has 1 N–H and O–H groups in total. The van der Waals surface area contributed by atoms with Gasteiger partial charge in [-0.1, -0.05) is 13.8 Å². The Morgan fingerprint density at radius 2 is 2.19 bits per heavy atom. The molecule has 2 aromatic rings. The van der Waals surface area contributed by atoms with E-state index >= 15 is 0 Å². The predicted octanol–water partition coefficient (Wildman–Crippen LogP) is 2.00. The average molecular weight is 221 g/mol. The molecule has 0 bridgehead atoms. The van der Waals surface area contributed by atoms with Gasteiger partial charge in [-0.15, -0.1) is 10.2 Å². The van der Waals surface area contributed by atoms with E-state index in [4.69, 9.17) is 8.83 Å². The molecule has 0 aromatic carbocycles. The highest BCUT2D eigenvalue weighted by Gasteiger charge is 2.13. The number of nitrogens with one attached hydrogen (secondary N) is 1. The molecule has 2 aromatic heterocycles. The summed E-state index contributed by atoms with van der Waals surface area (Å²) in [6, 6.07) is 1.85. The van der Waals surface area contributed by atoms with E-state index in [1.54, 1.807) is 6.26 Å². The molecule has 2 rings (SSSR count). The van der Waals surface area contributed by atoms with Gasteiger partial charge in [0.1, 0.15) is 5.76 Å². The highest BCUT2D eigenvalue weighted by Crippen LogP contribution is 2.23. The fraction of sp³-hybridized carbons (Fsp3) is 0.455. The second kappa shape index (κ2) is 4.94. The first-order valence-electron chi connectivity index (χ1n) is 5.45. The van der Waals surface area contributed by atoms with Crippen molar-refractivity contribution < 1.29 is 8.83 Å². The van der Waals surface area contributed by atoms with Gasteiger partial charge in [0.25, 0.3) is 5.89 Å². The molecule has 0 aliphatic rings. The van der Waals surface area contributed by atoms with Crippen LogP contribution in [0.4, 0.5) is 0 Å². The molecule has 0 unspecified atom stereocenters. The molecular formula is C11H15N3O2. The highest BCUT2D eigenvalue weighted by atomic mass is 16.4. The maximum atomic E-state index is 5.53. The minimum absolute atomic E-state index is 0.526. The van der Waals surface area contributed by atoms with Gasteiger partial charge in [0.15, 0.2) is 0 Å². The van der Waals surface area contributed by atoms with Crippen LogP contribution in [-0.2, 0) is 13.0 Å². The van der Waals surface area contributed by atoms with Crippen molar-refractivity contribution in [1.29, 1.82) is 0 Å². The summed E-state index contributed by atoms with van der Waals surface area (Å²) >= 11 is 0. The van der Waals surface area contributed by atoms with Crippen molar-refractivity contribution >= 4 is 0 Å². The van der Waals surface area contributed by atoms with Gasteiger partial charge >= 0.3 is 0 Å². The van der Waals surface area contributed by atoms with Crippen LogP contribution in [0.2, 0.25) is 0 Å². The number of nitrogens with zero attached hydrogens (tertiary/aromatic N) is 2. The summed E-state index contributed by atoms with van der Waals surface area (Å²) in [7, 11) is 0. The van der Waals surface area contributed by atoms with Crippen LogP contribution in [0.3, 0.4) is 0 Å². The summed E-state index contributed by atoms with van der Waals surface area (Å²) in [6.07, 6.45) is 2.45. The number of hydrogen-bond donors (Lipinski definition) is 1. The van der Waals surface area contributed by atoms with E-state index in [9.17, 15) is 0 Å². The third-order valence-corrected chi connectivity index (χ3v) is 2.29. The fourth-order valence-corrected chi connectivity index (χ4v) is 1.47. The molecule has 0 amide bonds. The van der Waals surface area contributed by atoms with Gasteiger partial charge in [0, 0.05) is 6.42 Å². The summed E-state index contributed by atoms with van der Waals surface area (Å²) in [6.45, 7) is 5.53. The Morgan fingerprint density at radius 3 is 2.94 bits per heavy atom. The van der Waals surface area contributed by atoms with E-state index < -0.39 is 0 Å². The van der Waals surface area contributed by atoms with Crippen molar-refractivity contribution in [1.82, 2.24) is 15.5 Å². The number of aryl methyl sites for hydroxylation is 1. The molecule has 86 valence electrons. The molecule has 0 spiro atoms. The molecule has 5 heteroatoms. The summed E-state index contributed by atoms with van der Waals surface area (Å²) in [5.41, 5.74) is 0.887. The largest absolute Gasteiger partial charge is 0.469 e. The first-order chi connectivity index (χ1) is 7.85. The van der Waals surface area contributed by atoms with Crippen LogP contribution in [0.25, 0.3) is 11.5 Å². The minimum Gasteiger partial charge on any atom is -0.469 e. The van der Waals surface area contributed by atoms with Gasteiger partial charge < -0.3 is 14.2 Å². The number of aromatic nitrogens is 2. The molecule has 5 nitrogen and oxygen atoms in total. The summed E-state index contributed by atoms with van der Waals surface area (Å²) in [5, 5.41) is 11.1. The molecule has 0 atom stereocenters. The minimum atomic E-state index is 0.526. The van der Waals surface area contributed by atoms with E-state index in [-0.39, 0.29) is 0 Å². The van der Waals surface area contributed by atoms with Crippen LogP contribution in [0, 0.1) is 0 Å². The first kappa shape index (κ1) is 10.9. The Bertz CT molecular complexity index is 448. The Hall–Kier alpha value is -1.62. The van der Waals surface area contributed by atoms with Crippen molar-refractivity contribution in [3.63, 3.8) is 0 Å². The number of hydrogen-bond acceptors (Lipinski definition) is 5. The van der Waals surface area contributed by atoms with Gasteiger partial charge in [0.2, 0.25) is 5.89 Å². The predicted molar refractivity (Wildman–Crippen MR) is 58.8 cm³/mol.